The molecule has 4 rings (SSSR count). The number of amides is 2. The van der Waals surface area contributed by atoms with Gasteiger partial charge in [0.1, 0.15) is 17.5 Å². The van der Waals surface area contributed by atoms with Crippen LogP contribution in [0, 0.1) is 11.3 Å². The Labute approximate surface area is 220 Å². The lowest BCUT2D eigenvalue weighted by atomic mass is 10.1. The van der Waals surface area contributed by atoms with E-state index < -0.39 is 43.9 Å². The summed E-state index contributed by atoms with van der Waals surface area (Å²) in [6.07, 6.45) is -0.788. The molecule has 37 heavy (non-hydrogen) atoms. The molecular weight excluding hydrogens is 520 g/mol. The average Bonchev–Trinajstić information content (AvgIpc) is 3.57. The Bertz CT molecular complexity index is 1370. The predicted octanol–water partition coefficient (Wildman–Crippen LogP) is 1.48. The van der Waals surface area contributed by atoms with Crippen LogP contribution in [0.15, 0.2) is 30.3 Å². The summed E-state index contributed by atoms with van der Waals surface area (Å²) in [6.45, 7) is 2.56. The summed E-state index contributed by atoms with van der Waals surface area (Å²) in [4.78, 5) is 27.8. The molecule has 2 aromatic rings. The van der Waals surface area contributed by atoms with Gasteiger partial charge in [0, 0.05) is 31.2 Å². The molecule has 1 aliphatic carbocycles. The third-order valence-corrected chi connectivity index (χ3v) is 11.0. The monoisotopic (exact) mass is 548 g/mol. The molecule has 2 amide bonds. The van der Waals surface area contributed by atoms with E-state index in [1.54, 1.807) is 24.3 Å². The zero-order chi connectivity index (χ0) is 27.2. The van der Waals surface area contributed by atoms with Crippen molar-refractivity contribution in [3.8, 4) is 6.07 Å². The lowest BCUT2D eigenvalue weighted by Crippen LogP contribution is -2.55. The maximum Gasteiger partial charge on any atom is 0.270 e. The summed E-state index contributed by atoms with van der Waals surface area (Å²) in [5.74, 6) is -0.971. The number of benzene rings is 1. The molecule has 1 atom stereocenters. The Morgan fingerprint density at radius 1 is 1.27 bits per heavy atom. The average molecular weight is 549 g/mol. The lowest BCUT2D eigenvalue weighted by molar-refractivity contribution is 0.0665. The van der Waals surface area contributed by atoms with Gasteiger partial charge in [0.15, 0.2) is 9.84 Å². The van der Waals surface area contributed by atoms with Crippen molar-refractivity contribution in [1.29, 1.82) is 5.26 Å². The first-order valence-electron chi connectivity index (χ1n) is 11.9. The van der Waals surface area contributed by atoms with Gasteiger partial charge in [-0.2, -0.15) is 5.26 Å². The van der Waals surface area contributed by atoms with Gasteiger partial charge in [0.05, 0.1) is 27.8 Å². The number of nitrogens with one attached hydrogen (secondary N) is 1. The van der Waals surface area contributed by atoms with Gasteiger partial charge in [0.2, 0.25) is 0 Å². The number of hydrogen-bond donors (Lipinski definition) is 3. The van der Waals surface area contributed by atoms with Crippen molar-refractivity contribution < 1.29 is 28.2 Å². The first-order valence-corrected chi connectivity index (χ1v) is 13.7. The molecule has 2 aliphatic rings. The van der Waals surface area contributed by atoms with Crippen LogP contribution in [0.1, 0.15) is 58.8 Å². The van der Waals surface area contributed by atoms with Crippen LogP contribution in [-0.4, -0.2) is 75.2 Å². The van der Waals surface area contributed by atoms with Crippen molar-refractivity contribution in [2.24, 2.45) is 0 Å². The molecule has 1 fully saturated rings. The topological polar surface area (TPSA) is 153 Å². The van der Waals surface area contributed by atoms with E-state index in [2.05, 4.69) is 5.32 Å². The van der Waals surface area contributed by atoms with Crippen LogP contribution in [0.25, 0.3) is 0 Å². The van der Waals surface area contributed by atoms with Gasteiger partial charge >= 0.3 is 0 Å². The SMILES string of the molecule is CC(C)(C(O)CO)S(=O)(=O)C1(CN2CCn3c(cc(C#N)c3C(=O)NCc3ccc(Cl)cc3)C2=O)CC1. The number of carbonyl (C=O) groups excluding carboxylic acids is 2. The molecule has 1 aromatic carbocycles. The van der Waals surface area contributed by atoms with Crippen LogP contribution in [0.4, 0.5) is 0 Å². The van der Waals surface area contributed by atoms with Crippen molar-refractivity contribution in [2.75, 3.05) is 19.7 Å². The summed E-state index contributed by atoms with van der Waals surface area (Å²) < 4.78 is 25.6. The molecule has 0 radical (unpaired) electrons. The number of nitriles is 1. The number of aliphatic hydroxyl groups is 2. The van der Waals surface area contributed by atoms with Gasteiger partial charge in [-0.05, 0) is 50.5 Å². The number of halogens is 1. The van der Waals surface area contributed by atoms with Crippen molar-refractivity contribution in [3.05, 3.63) is 57.9 Å². The Hall–Kier alpha value is -2.91. The minimum Gasteiger partial charge on any atom is -0.394 e. The fraction of sp³-hybridized carbons (Fsp3) is 0.480. The van der Waals surface area contributed by atoms with E-state index in [0.717, 1.165) is 5.56 Å². The van der Waals surface area contributed by atoms with Gasteiger partial charge in [-0.15, -0.1) is 0 Å². The Kier molecular flexibility index (Phi) is 7.16. The highest BCUT2D eigenvalue weighted by atomic mass is 35.5. The van der Waals surface area contributed by atoms with E-state index in [-0.39, 0.29) is 43.1 Å². The smallest absolute Gasteiger partial charge is 0.270 e. The van der Waals surface area contributed by atoms with Crippen LogP contribution >= 0.6 is 11.6 Å². The van der Waals surface area contributed by atoms with Gasteiger partial charge in [-0.25, -0.2) is 8.42 Å². The molecule has 0 bridgehead atoms. The van der Waals surface area contributed by atoms with E-state index >= 15 is 0 Å². The van der Waals surface area contributed by atoms with Crippen LogP contribution in [0.2, 0.25) is 5.02 Å². The zero-order valence-corrected chi connectivity index (χ0v) is 22.1. The fourth-order valence-electron chi connectivity index (χ4n) is 4.75. The number of carbonyl (C=O) groups is 2. The van der Waals surface area contributed by atoms with Crippen molar-refractivity contribution in [2.45, 2.75) is 55.4 Å². The molecule has 0 spiro atoms. The fourth-order valence-corrected chi connectivity index (χ4v) is 7.39. The van der Waals surface area contributed by atoms with Crippen LogP contribution < -0.4 is 5.32 Å². The summed E-state index contributed by atoms with van der Waals surface area (Å²) in [6, 6.07) is 10.3. The third kappa shape index (κ3) is 4.63. The quantitative estimate of drug-likeness (QED) is 0.429. The zero-order valence-electron chi connectivity index (χ0n) is 20.6. The second kappa shape index (κ2) is 9.76. The number of aromatic nitrogens is 1. The Balaban J connectivity index is 1.54. The summed E-state index contributed by atoms with van der Waals surface area (Å²) in [5.41, 5.74) is 1.09. The highest BCUT2D eigenvalue weighted by Crippen LogP contribution is 2.50. The Morgan fingerprint density at radius 2 is 1.92 bits per heavy atom. The molecule has 1 unspecified atom stereocenters. The molecule has 12 heteroatoms. The van der Waals surface area contributed by atoms with E-state index in [9.17, 15) is 33.5 Å². The van der Waals surface area contributed by atoms with Crippen molar-refractivity contribution in [3.63, 3.8) is 0 Å². The molecule has 1 saturated carbocycles. The van der Waals surface area contributed by atoms with E-state index in [4.69, 9.17) is 11.6 Å². The van der Waals surface area contributed by atoms with Crippen molar-refractivity contribution in [1.82, 2.24) is 14.8 Å². The van der Waals surface area contributed by atoms with Gasteiger partial charge < -0.3 is 25.0 Å². The van der Waals surface area contributed by atoms with Gasteiger partial charge in [-0.3, -0.25) is 9.59 Å². The highest BCUT2D eigenvalue weighted by molar-refractivity contribution is 7.94. The van der Waals surface area contributed by atoms with Crippen LogP contribution in [-0.2, 0) is 22.9 Å². The number of rotatable bonds is 9. The minimum absolute atomic E-state index is 0.0553. The number of fused-ring (bicyclic) bond motifs is 1. The largest absolute Gasteiger partial charge is 0.394 e. The number of nitrogens with zero attached hydrogens (tertiary/aromatic N) is 3. The lowest BCUT2D eigenvalue weighted by Gasteiger charge is -2.37. The first-order chi connectivity index (χ1) is 17.4. The van der Waals surface area contributed by atoms with E-state index in [1.807, 2.05) is 6.07 Å². The molecular formula is C25H29ClN4O6S. The second-order valence-electron chi connectivity index (χ2n) is 10.1. The predicted molar refractivity (Wildman–Crippen MR) is 136 cm³/mol. The van der Waals surface area contributed by atoms with Gasteiger partial charge in [-0.1, -0.05) is 23.7 Å². The first kappa shape index (κ1) is 27.1. The van der Waals surface area contributed by atoms with E-state index in [0.29, 0.717) is 17.9 Å². The molecule has 2 heterocycles. The minimum atomic E-state index is -3.93. The van der Waals surface area contributed by atoms with Crippen LogP contribution in [0.5, 0.6) is 0 Å². The van der Waals surface area contributed by atoms with Crippen LogP contribution in [0.3, 0.4) is 0 Å². The highest BCUT2D eigenvalue weighted by Gasteiger charge is 2.62. The summed E-state index contributed by atoms with van der Waals surface area (Å²) in [5, 5.41) is 32.5. The molecule has 3 N–H and O–H groups in total. The van der Waals surface area contributed by atoms with E-state index in [1.165, 1.54) is 29.4 Å². The number of aliphatic hydroxyl groups excluding tert-OH is 2. The normalized spacial score (nSPS) is 17.6. The molecule has 1 aromatic heterocycles. The number of hydrogen-bond acceptors (Lipinski definition) is 7. The molecule has 10 nitrogen and oxygen atoms in total. The third-order valence-electron chi connectivity index (χ3n) is 7.42. The molecule has 198 valence electrons. The second-order valence-corrected chi connectivity index (χ2v) is 13.4. The maximum atomic E-state index is 13.4. The molecule has 0 saturated heterocycles. The van der Waals surface area contributed by atoms with Crippen molar-refractivity contribution >= 4 is 33.3 Å². The Morgan fingerprint density at radius 3 is 2.49 bits per heavy atom. The maximum absolute atomic E-state index is 13.4. The number of sulfone groups is 1. The van der Waals surface area contributed by atoms with Gasteiger partial charge in [0.25, 0.3) is 11.8 Å². The molecule has 1 aliphatic heterocycles. The summed E-state index contributed by atoms with van der Waals surface area (Å²) >= 11 is 5.89. The summed E-state index contributed by atoms with van der Waals surface area (Å²) in [7, 11) is -3.93. The standard InChI is InChI=1S/C25H29ClN4O6S/c1-24(2,20(32)14-31)37(35,36)25(7-8-25)15-29-9-10-30-19(23(29)34)11-17(12-27)21(30)22(33)28-13-16-3-5-18(26)6-4-16/h3-6,11,20,31-32H,7-10,13-15H2,1-2H3,(H,28,33).